The van der Waals surface area contributed by atoms with Gasteiger partial charge in [-0.25, -0.2) is 0 Å². The molecule has 0 radical (unpaired) electrons. The molecule has 0 bridgehead atoms. The van der Waals surface area contributed by atoms with Gasteiger partial charge in [-0.2, -0.15) is 0 Å². The van der Waals surface area contributed by atoms with Crippen LogP contribution >= 0.6 is 0 Å². The number of hydrogen-bond donors (Lipinski definition) is 0. The number of carbonyl (C=O) groups excluding carboxylic acids is 1. The van der Waals surface area contributed by atoms with Crippen molar-refractivity contribution in [2.75, 3.05) is 19.6 Å². The number of Topliss-reactive ketones (excluding diaryl/α,β-unsaturated/α-hetero) is 1. The molecule has 0 aliphatic carbocycles. The van der Waals surface area contributed by atoms with Gasteiger partial charge in [-0.15, -0.1) is 0 Å². The first-order valence-electron chi connectivity index (χ1n) is 10.7. The average molecular weight is 364 g/mol. The molecule has 2 heteroatoms. The minimum atomic E-state index is 0.269. The maximum absolute atomic E-state index is 12.2. The quantitative estimate of drug-likeness (QED) is 0.398. The molecular weight excluding hydrogens is 330 g/mol. The Morgan fingerprint density at radius 3 is 2.07 bits per heavy atom. The molecule has 2 aromatic carbocycles. The molecule has 1 aliphatic heterocycles. The number of rotatable bonds is 10. The van der Waals surface area contributed by atoms with Crippen LogP contribution in [0, 0.1) is 0 Å². The van der Waals surface area contributed by atoms with E-state index in [1.54, 1.807) is 0 Å². The van der Waals surface area contributed by atoms with Gasteiger partial charge in [0.05, 0.1) is 0 Å². The van der Waals surface area contributed by atoms with Gasteiger partial charge in [0.1, 0.15) is 0 Å². The Labute approximate surface area is 164 Å². The maximum atomic E-state index is 12.2. The Kier molecular flexibility index (Phi) is 8.10. The summed E-state index contributed by atoms with van der Waals surface area (Å²) in [4.78, 5) is 14.8. The summed E-state index contributed by atoms with van der Waals surface area (Å²) in [6, 6.07) is 18.5. The van der Waals surface area contributed by atoms with Crippen LogP contribution in [0.1, 0.15) is 66.4 Å². The molecule has 1 fully saturated rings. The van der Waals surface area contributed by atoms with Crippen molar-refractivity contribution in [2.24, 2.45) is 0 Å². The third kappa shape index (κ3) is 6.62. The molecular formula is C25H33NO. The standard InChI is InChI=1S/C25H33NO/c27-25(24-15-3-1-4-16-24)18-8-7-14-22-12-5-6-13-23(22)17-11-21-26-19-9-2-10-20-26/h1,3-6,12-13,15-16H,2,7-11,14,17-21H2. The van der Waals surface area contributed by atoms with Gasteiger partial charge in [0.2, 0.25) is 0 Å². The number of benzene rings is 2. The molecule has 0 unspecified atom stereocenters. The minimum Gasteiger partial charge on any atom is -0.303 e. The fourth-order valence-electron chi connectivity index (χ4n) is 4.09. The lowest BCUT2D eigenvalue weighted by Crippen LogP contribution is -2.30. The fourth-order valence-corrected chi connectivity index (χ4v) is 4.09. The van der Waals surface area contributed by atoms with Crippen molar-refractivity contribution in [3.8, 4) is 0 Å². The molecule has 0 atom stereocenters. The number of nitrogens with zero attached hydrogens (tertiary/aromatic N) is 1. The van der Waals surface area contributed by atoms with Crippen LogP contribution in [0.3, 0.4) is 0 Å². The van der Waals surface area contributed by atoms with Crippen LogP contribution in [-0.2, 0) is 12.8 Å². The minimum absolute atomic E-state index is 0.269. The van der Waals surface area contributed by atoms with Crippen LogP contribution in [0.2, 0.25) is 0 Å². The second-order valence-corrected chi connectivity index (χ2v) is 7.77. The summed E-state index contributed by atoms with van der Waals surface area (Å²) in [5, 5.41) is 0. The molecule has 0 saturated carbocycles. The number of carbonyl (C=O) groups is 1. The van der Waals surface area contributed by atoms with Gasteiger partial charge in [0.15, 0.2) is 5.78 Å². The summed E-state index contributed by atoms with van der Waals surface area (Å²) < 4.78 is 0. The predicted octanol–water partition coefficient (Wildman–Crippen LogP) is 5.70. The van der Waals surface area contributed by atoms with Crippen LogP contribution in [0.25, 0.3) is 0 Å². The average Bonchev–Trinajstić information content (AvgIpc) is 2.73. The van der Waals surface area contributed by atoms with Crippen molar-refractivity contribution in [1.29, 1.82) is 0 Å². The predicted molar refractivity (Wildman–Crippen MR) is 113 cm³/mol. The largest absolute Gasteiger partial charge is 0.303 e. The lowest BCUT2D eigenvalue weighted by atomic mass is 9.97. The number of hydrogen-bond acceptors (Lipinski definition) is 2. The first kappa shape index (κ1) is 19.8. The van der Waals surface area contributed by atoms with Crippen molar-refractivity contribution >= 4 is 5.78 Å². The van der Waals surface area contributed by atoms with E-state index in [0.717, 1.165) is 24.8 Å². The smallest absolute Gasteiger partial charge is 0.162 e. The molecule has 0 aromatic heterocycles. The lowest BCUT2D eigenvalue weighted by molar-refractivity contribution is 0.0979. The number of ketones is 1. The molecule has 3 rings (SSSR count). The van der Waals surface area contributed by atoms with E-state index in [-0.39, 0.29) is 5.78 Å². The van der Waals surface area contributed by atoms with Crippen LogP contribution in [0.5, 0.6) is 0 Å². The molecule has 0 N–H and O–H groups in total. The summed E-state index contributed by atoms with van der Waals surface area (Å²) in [6.45, 7) is 3.81. The van der Waals surface area contributed by atoms with Crippen LogP contribution in [0.15, 0.2) is 54.6 Å². The van der Waals surface area contributed by atoms with E-state index in [4.69, 9.17) is 0 Å². The van der Waals surface area contributed by atoms with Crippen LogP contribution in [-0.4, -0.2) is 30.3 Å². The van der Waals surface area contributed by atoms with Gasteiger partial charge in [-0.3, -0.25) is 4.79 Å². The zero-order chi connectivity index (χ0) is 18.7. The molecule has 0 amide bonds. The molecule has 1 heterocycles. The third-order valence-corrected chi connectivity index (χ3v) is 5.68. The molecule has 2 nitrogen and oxygen atoms in total. The highest BCUT2D eigenvalue weighted by Crippen LogP contribution is 2.17. The zero-order valence-electron chi connectivity index (χ0n) is 16.5. The van der Waals surface area contributed by atoms with Crippen molar-refractivity contribution < 1.29 is 4.79 Å². The summed E-state index contributed by atoms with van der Waals surface area (Å²) >= 11 is 0. The highest BCUT2D eigenvalue weighted by Gasteiger charge is 2.10. The summed E-state index contributed by atoms with van der Waals surface area (Å²) in [5.41, 5.74) is 3.82. The van der Waals surface area contributed by atoms with Gasteiger partial charge in [0.25, 0.3) is 0 Å². The van der Waals surface area contributed by atoms with E-state index >= 15 is 0 Å². The van der Waals surface area contributed by atoms with E-state index in [9.17, 15) is 4.79 Å². The Morgan fingerprint density at radius 1 is 0.741 bits per heavy atom. The summed E-state index contributed by atoms with van der Waals surface area (Å²) in [7, 11) is 0. The van der Waals surface area contributed by atoms with Gasteiger partial charge in [-0.1, -0.05) is 61.0 Å². The Morgan fingerprint density at radius 2 is 1.37 bits per heavy atom. The summed E-state index contributed by atoms with van der Waals surface area (Å²) in [6.07, 6.45) is 10.4. The fraction of sp³-hybridized carbons (Fsp3) is 0.480. The highest BCUT2D eigenvalue weighted by molar-refractivity contribution is 5.95. The van der Waals surface area contributed by atoms with Crippen molar-refractivity contribution in [3.63, 3.8) is 0 Å². The molecule has 1 saturated heterocycles. The van der Waals surface area contributed by atoms with Crippen molar-refractivity contribution in [3.05, 3.63) is 71.3 Å². The van der Waals surface area contributed by atoms with E-state index < -0.39 is 0 Å². The number of piperidine rings is 1. The van der Waals surface area contributed by atoms with E-state index in [0.29, 0.717) is 6.42 Å². The van der Waals surface area contributed by atoms with Gasteiger partial charge in [0, 0.05) is 12.0 Å². The molecule has 1 aliphatic rings. The normalized spacial score (nSPS) is 15.0. The lowest BCUT2D eigenvalue weighted by Gasteiger charge is -2.26. The van der Waals surface area contributed by atoms with Crippen molar-refractivity contribution in [2.45, 2.75) is 57.8 Å². The van der Waals surface area contributed by atoms with Gasteiger partial charge in [-0.05, 0) is 75.7 Å². The van der Waals surface area contributed by atoms with E-state index in [2.05, 4.69) is 29.2 Å². The van der Waals surface area contributed by atoms with Gasteiger partial charge >= 0.3 is 0 Å². The molecule has 27 heavy (non-hydrogen) atoms. The third-order valence-electron chi connectivity index (χ3n) is 5.68. The number of aryl methyl sites for hydroxylation is 2. The van der Waals surface area contributed by atoms with Crippen LogP contribution < -0.4 is 0 Å². The van der Waals surface area contributed by atoms with E-state index in [1.165, 1.54) is 62.9 Å². The topological polar surface area (TPSA) is 20.3 Å². The van der Waals surface area contributed by atoms with Gasteiger partial charge < -0.3 is 4.90 Å². The number of likely N-dealkylation sites (tertiary alicyclic amines) is 1. The number of unbranched alkanes of at least 4 members (excludes halogenated alkanes) is 1. The molecule has 2 aromatic rings. The van der Waals surface area contributed by atoms with E-state index in [1.807, 2.05) is 30.3 Å². The maximum Gasteiger partial charge on any atom is 0.162 e. The molecule has 144 valence electrons. The Hall–Kier alpha value is -1.93. The Balaban J connectivity index is 1.40. The monoisotopic (exact) mass is 363 g/mol. The second kappa shape index (κ2) is 11.0. The summed E-state index contributed by atoms with van der Waals surface area (Å²) in [5.74, 6) is 0.269. The van der Waals surface area contributed by atoms with Crippen molar-refractivity contribution in [1.82, 2.24) is 4.90 Å². The first-order valence-corrected chi connectivity index (χ1v) is 10.7. The first-order chi connectivity index (χ1) is 13.3. The SMILES string of the molecule is O=C(CCCCc1ccccc1CCCN1CCCCC1)c1ccccc1. The Bertz CT molecular complexity index is 688. The zero-order valence-corrected chi connectivity index (χ0v) is 16.5. The molecule has 0 spiro atoms. The second-order valence-electron chi connectivity index (χ2n) is 7.77. The van der Waals surface area contributed by atoms with Crippen LogP contribution in [0.4, 0.5) is 0 Å². The highest BCUT2D eigenvalue weighted by atomic mass is 16.1.